The number of carboxylic acid groups (broad SMARTS) is 6. The first-order chi connectivity index (χ1) is 18.9. The van der Waals surface area contributed by atoms with Gasteiger partial charge in [-0.25, -0.2) is 0 Å². The molecule has 0 heterocycles. The van der Waals surface area contributed by atoms with Gasteiger partial charge in [-0.1, -0.05) is 0 Å². The second-order valence-electron chi connectivity index (χ2n) is 7.53. The van der Waals surface area contributed by atoms with Gasteiger partial charge in [-0.2, -0.15) is 0 Å². The van der Waals surface area contributed by atoms with Crippen molar-refractivity contribution in [1.82, 2.24) is 0 Å². The molecule has 31 heteroatoms. The van der Waals surface area contributed by atoms with E-state index in [1.54, 1.807) is 0 Å². The molecule has 0 unspecified atom stereocenters. The van der Waals surface area contributed by atoms with Crippen molar-refractivity contribution in [3.8, 4) is 0 Å². The van der Waals surface area contributed by atoms with Gasteiger partial charge in [-0.3, -0.25) is 0 Å². The number of carbonyl (C=O) groups excluding carboxylic acids is 6. The fraction of sp³-hybridized carbons (Fsp3) is 0.667. The van der Waals surface area contributed by atoms with Gasteiger partial charge in [0.1, 0.15) is 73.2 Å². The average molecular weight is 896 g/mol. The first-order valence-electron chi connectivity index (χ1n) is 10.3. The van der Waals surface area contributed by atoms with Crippen LogP contribution in [0, 0.1) is 0 Å². The monoisotopic (exact) mass is 896 g/mol. The van der Waals surface area contributed by atoms with Crippen molar-refractivity contribution in [2.45, 2.75) is 73.2 Å². The minimum atomic E-state index is -2.50. The fourth-order valence-electron chi connectivity index (χ4n) is 1.96. The number of carbonyl (C=O) groups is 6. The van der Waals surface area contributed by atoms with Crippen molar-refractivity contribution in [2.75, 3.05) is 0 Å². The van der Waals surface area contributed by atoms with E-state index in [9.17, 15) is 59.4 Å². The predicted octanol–water partition coefficient (Wildman–Crippen LogP) is -18.6. The van der Waals surface area contributed by atoms with Crippen LogP contribution in [0.1, 0.15) is 0 Å². The second kappa shape index (κ2) is 34.7. The van der Waals surface area contributed by atoms with E-state index >= 15 is 0 Å². The Labute approximate surface area is 313 Å². The summed E-state index contributed by atoms with van der Waals surface area (Å²) in [5, 5.41) is 164. The molecule has 0 aromatic heterocycles. The van der Waals surface area contributed by atoms with Crippen molar-refractivity contribution in [3.05, 3.63) is 0 Å². The van der Waals surface area contributed by atoms with Crippen molar-refractivity contribution in [3.63, 3.8) is 0 Å². The smallest absolute Gasteiger partial charge is 2.00 e. The Morgan fingerprint density at radius 3 is 0.367 bits per heavy atom. The maximum Gasteiger partial charge on any atom is 3.00 e. The number of carboxylic acids is 6. The number of hydrogen-bond donors (Lipinski definition) is 12. The molecule has 0 aromatic rings. The van der Waals surface area contributed by atoms with Crippen molar-refractivity contribution >= 4 is 35.8 Å². The molecule has 0 aliphatic rings. The summed E-state index contributed by atoms with van der Waals surface area (Å²) < 4.78 is 0. The first kappa shape index (κ1) is 72.9. The summed E-state index contributed by atoms with van der Waals surface area (Å²) in [6, 6.07) is 0. The summed E-state index contributed by atoms with van der Waals surface area (Å²) in [5.74, 6) is -12.7. The van der Waals surface area contributed by atoms with E-state index in [-0.39, 0.29) is 84.7 Å². The van der Waals surface area contributed by atoms with Crippen molar-refractivity contribution in [2.24, 2.45) is 0 Å². The van der Waals surface area contributed by atoms with Crippen LogP contribution in [0.4, 0.5) is 0 Å². The molecule has 0 aliphatic heterocycles. The average Bonchev–Trinajstić information content (AvgIpc) is 2.92. The van der Waals surface area contributed by atoms with Gasteiger partial charge < -0.3 is 137 Å². The summed E-state index contributed by atoms with van der Waals surface area (Å²) in [6.07, 6.45) is -29.3. The second-order valence-corrected chi connectivity index (χ2v) is 7.53. The molecule has 0 aliphatic carbocycles. The Morgan fingerprint density at radius 1 is 0.265 bits per heavy atom. The Bertz CT molecular complexity index is 742. The molecule has 4 radical (unpaired) electrons. The van der Waals surface area contributed by atoms with Crippen LogP contribution in [0.3, 0.4) is 0 Å². The molecule has 49 heavy (non-hydrogen) atoms. The number of rotatable bonds is 15. The third-order valence-corrected chi connectivity index (χ3v) is 4.44. The van der Waals surface area contributed by atoms with Gasteiger partial charge in [-0.05, 0) is 0 Å². The summed E-state index contributed by atoms with van der Waals surface area (Å²) in [6.45, 7) is 0. The number of hydrogen-bond acceptors (Lipinski definition) is 24. The Hall–Kier alpha value is -1.70. The number of aliphatic hydroxyl groups excluding tert-OH is 12. The molecule has 27 nitrogen and oxygen atoms in total. The molecule has 290 valence electrons. The van der Waals surface area contributed by atoms with E-state index in [0.717, 1.165) is 0 Å². The van der Waals surface area contributed by atoms with E-state index in [1.807, 2.05) is 0 Å². The van der Waals surface area contributed by atoms with E-state index < -0.39 is 109 Å². The molecule has 0 bridgehead atoms. The standard InChI is InChI=1S/3C6H10O8.4Fe.3O/c3*7-1(3(9)5(11)12)2(8)4(10)6(13)14;;;;;;;/h3*1-4,7-10H,(H,11,12)(H,13,14);;;;;;;/q;;;4*+3;3*-2/p-6/t3*1-,2-,3-,4+;;;;;;;/m000......./s1. The summed E-state index contributed by atoms with van der Waals surface area (Å²) in [4.78, 5) is 59.8. The third kappa shape index (κ3) is 26.7. The van der Waals surface area contributed by atoms with E-state index in [0.29, 0.717) is 0 Å². The third-order valence-electron chi connectivity index (χ3n) is 4.44. The molecule has 0 rings (SSSR count). The normalized spacial score (nSPS) is 16.7. The molecule has 0 amide bonds. The molecule has 12 N–H and O–H groups in total. The zero-order valence-electron chi connectivity index (χ0n) is 22.8. The minimum absolute atomic E-state index is 0. The van der Waals surface area contributed by atoms with Crippen LogP contribution in [-0.2, 0) is 113 Å². The first-order valence-corrected chi connectivity index (χ1v) is 10.3. The molecule has 0 fully saturated rings. The van der Waals surface area contributed by atoms with Crippen molar-refractivity contribution < 1.29 is 205 Å². The van der Waals surface area contributed by atoms with Crippen LogP contribution in [-0.4, -0.2) is 170 Å². The fourth-order valence-corrected chi connectivity index (χ4v) is 1.96. The van der Waals surface area contributed by atoms with Crippen LogP contribution in [0.2, 0.25) is 0 Å². The zero-order valence-corrected chi connectivity index (χ0v) is 27.2. The van der Waals surface area contributed by atoms with E-state index in [2.05, 4.69) is 0 Å². The quantitative estimate of drug-likeness (QED) is 0.0679. The van der Waals surface area contributed by atoms with Crippen LogP contribution in [0.15, 0.2) is 0 Å². The Morgan fingerprint density at radius 2 is 0.327 bits per heavy atom. The van der Waals surface area contributed by atoms with Gasteiger partial charge in [0.05, 0.1) is 35.8 Å². The molecule has 0 saturated carbocycles. The van der Waals surface area contributed by atoms with Gasteiger partial charge in [0.2, 0.25) is 0 Å². The van der Waals surface area contributed by atoms with E-state index in [1.165, 1.54) is 0 Å². The van der Waals surface area contributed by atoms with Crippen molar-refractivity contribution in [1.29, 1.82) is 0 Å². The maximum atomic E-state index is 9.96. The van der Waals surface area contributed by atoms with Crippen LogP contribution in [0.25, 0.3) is 0 Å². The number of aliphatic carboxylic acids is 6. The van der Waals surface area contributed by atoms with Gasteiger partial charge in [-0.15, -0.1) is 0 Å². The van der Waals surface area contributed by atoms with Gasteiger partial charge in [0.15, 0.2) is 0 Å². The van der Waals surface area contributed by atoms with Crippen LogP contribution in [0.5, 0.6) is 0 Å². The molecular formula is C18H24Fe4O27. The minimum Gasteiger partial charge on any atom is -2.00 e. The predicted molar refractivity (Wildman–Crippen MR) is 104 cm³/mol. The summed E-state index contributed by atoms with van der Waals surface area (Å²) >= 11 is 0. The van der Waals surface area contributed by atoms with E-state index in [4.69, 9.17) is 61.3 Å². The Balaban J connectivity index is -0.0000000543. The SMILES string of the molecule is O=C([O-])[C@@H](O)[C@@H](O)[C@H](O)[C@@H](O)C(=O)[O-].O=C([O-])[C@@H](O)[C@@H](O)[C@H](O)[C@@H](O)C(=O)[O-].O=C([O-])[C@@H](O)[C@@H](O)[C@H](O)[C@@H](O)C(=O)[O-].[Fe+3].[Fe+3].[Fe+3].[Fe+3].[O-2].[O-2].[O-2]. The van der Waals surface area contributed by atoms with Crippen LogP contribution >= 0.6 is 0 Å². The van der Waals surface area contributed by atoms with Crippen LogP contribution < -0.4 is 30.6 Å². The maximum absolute atomic E-state index is 9.96. The molecule has 12 atom stereocenters. The summed E-state index contributed by atoms with van der Waals surface area (Å²) in [7, 11) is 0. The molecule has 0 aromatic carbocycles. The zero-order chi connectivity index (χ0) is 34.4. The van der Waals surface area contributed by atoms with Gasteiger partial charge in [0.25, 0.3) is 0 Å². The topological polar surface area (TPSA) is 569 Å². The molecular weight excluding hydrogens is 872 g/mol. The van der Waals surface area contributed by atoms with Gasteiger partial charge >= 0.3 is 68.3 Å². The largest absolute Gasteiger partial charge is 3.00 e. The number of aliphatic hydroxyl groups is 12. The summed E-state index contributed by atoms with van der Waals surface area (Å²) in [5.41, 5.74) is 0. The molecule has 0 spiro atoms. The Kier molecular flexibility index (Phi) is 51.7. The molecule has 0 saturated heterocycles. The van der Waals surface area contributed by atoms with Gasteiger partial charge in [0, 0.05) is 0 Å².